The number of carbonyl (C=O) groups is 1. The van der Waals surface area contributed by atoms with Crippen molar-refractivity contribution < 1.29 is 9.53 Å². The van der Waals surface area contributed by atoms with Gasteiger partial charge in [0.15, 0.2) is 0 Å². The van der Waals surface area contributed by atoms with Crippen LogP contribution in [-0.4, -0.2) is 24.6 Å². The van der Waals surface area contributed by atoms with E-state index in [-0.39, 0.29) is 12.1 Å². The van der Waals surface area contributed by atoms with Crippen LogP contribution in [0.15, 0.2) is 66.7 Å². The minimum atomic E-state index is -0.0932. The smallest absolute Gasteiger partial charge is 0.317 e. The topological polar surface area (TPSA) is 41.6 Å². The molecule has 0 aliphatic rings. The molecule has 0 fully saturated rings. The van der Waals surface area contributed by atoms with Gasteiger partial charge < -0.3 is 15.0 Å². The Hall–Kier alpha value is -3.01. The highest BCUT2D eigenvalue weighted by Crippen LogP contribution is 2.24. The first kappa shape index (κ1) is 18.8. The summed E-state index contributed by atoms with van der Waals surface area (Å²) in [5.41, 5.74) is 2.19. The summed E-state index contributed by atoms with van der Waals surface area (Å²) in [5, 5.41) is 5.45. The lowest BCUT2D eigenvalue weighted by molar-refractivity contribution is 0.203. The fourth-order valence-corrected chi connectivity index (χ4v) is 3.20. The van der Waals surface area contributed by atoms with Crippen LogP contribution >= 0.6 is 0 Å². The maximum absolute atomic E-state index is 12.6. The number of hydrogen-bond donors (Lipinski definition) is 1. The minimum absolute atomic E-state index is 0.0774. The number of carbonyl (C=O) groups excluding carboxylic acids is 1. The van der Waals surface area contributed by atoms with E-state index in [1.807, 2.05) is 63.4 Å². The summed E-state index contributed by atoms with van der Waals surface area (Å²) >= 11 is 0. The first-order valence-corrected chi connectivity index (χ1v) is 9.29. The molecule has 0 aromatic heterocycles. The monoisotopic (exact) mass is 362 g/mol. The Kier molecular flexibility index (Phi) is 5.97. The molecular formula is C23H26N2O2. The molecule has 27 heavy (non-hydrogen) atoms. The first-order chi connectivity index (χ1) is 13.1. The number of hydrogen-bond acceptors (Lipinski definition) is 2. The summed E-state index contributed by atoms with van der Waals surface area (Å²) in [5.74, 6) is 0.845. The van der Waals surface area contributed by atoms with Crippen LogP contribution in [0.4, 0.5) is 4.79 Å². The van der Waals surface area contributed by atoms with Crippen LogP contribution in [0.2, 0.25) is 0 Å². The van der Waals surface area contributed by atoms with Crippen molar-refractivity contribution in [3.63, 3.8) is 0 Å². The molecule has 3 rings (SSSR count). The van der Waals surface area contributed by atoms with Gasteiger partial charge in [0.1, 0.15) is 5.75 Å². The molecule has 0 saturated heterocycles. The predicted molar refractivity (Wildman–Crippen MR) is 110 cm³/mol. The van der Waals surface area contributed by atoms with Crippen LogP contribution in [0.3, 0.4) is 0 Å². The molecule has 1 N–H and O–H groups in total. The zero-order chi connectivity index (χ0) is 19.2. The summed E-state index contributed by atoms with van der Waals surface area (Å²) in [6.07, 6.45) is 0. The summed E-state index contributed by atoms with van der Waals surface area (Å²) in [6, 6.07) is 22.1. The molecule has 3 aromatic carbocycles. The van der Waals surface area contributed by atoms with Crippen molar-refractivity contribution in [3.05, 3.63) is 77.9 Å². The van der Waals surface area contributed by atoms with Gasteiger partial charge in [-0.1, -0.05) is 54.6 Å². The fourth-order valence-electron chi connectivity index (χ4n) is 3.20. The molecular weight excluding hydrogens is 336 g/mol. The van der Waals surface area contributed by atoms with Crippen LogP contribution < -0.4 is 10.1 Å². The quantitative estimate of drug-likeness (QED) is 0.659. The maximum atomic E-state index is 12.6. The van der Waals surface area contributed by atoms with Crippen LogP contribution in [-0.2, 0) is 6.54 Å². The molecule has 0 radical (unpaired) electrons. The zero-order valence-electron chi connectivity index (χ0n) is 16.1. The lowest BCUT2D eigenvalue weighted by Crippen LogP contribution is -2.38. The highest BCUT2D eigenvalue weighted by atomic mass is 16.5. The Balaban J connectivity index is 1.65. The van der Waals surface area contributed by atoms with Gasteiger partial charge in [0.2, 0.25) is 0 Å². The van der Waals surface area contributed by atoms with Gasteiger partial charge in [0, 0.05) is 13.6 Å². The second-order valence-corrected chi connectivity index (χ2v) is 6.67. The van der Waals surface area contributed by atoms with Gasteiger partial charge in [0.25, 0.3) is 0 Å². The van der Waals surface area contributed by atoms with E-state index < -0.39 is 0 Å². The Morgan fingerprint density at radius 1 is 1.04 bits per heavy atom. The average molecular weight is 362 g/mol. The maximum Gasteiger partial charge on any atom is 0.317 e. The Bertz CT molecular complexity index is 900. The number of nitrogens with one attached hydrogen (secondary N) is 1. The van der Waals surface area contributed by atoms with E-state index in [4.69, 9.17) is 4.74 Å². The highest BCUT2D eigenvalue weighted by molar-refractivity contribution is 5.86. The lowest BCUT2D eigenvalue weighted by atomic mass is 10.00. The van der Waals surface area contributed by atoms with Gasteiger partial charge in [-0.05, 0) is 47.9 Å². The third-order valence-electron chi connectivity index (χ3n) is 4.63. The third-order valence-corrected chi connectivity index (χ3v) is 4.63. The molecule has 0 aliphatic carbocycles. The summed E-state index contributed by atoms with van der Waals surface area (Å²) in [7, 11) is 1.81. The number of urea groups is 1. The van der Waals surface area contributed by atoms with E-state index in [0.717, 1.165) is 16.9 Å². The van der Waals surface area contributed by atoms with Crippen molar-refractivity contribution in [3.8, 4) is 5.75 Å². The second kappa shape index (κ2) is 8.58. The molecule has 1 atom stereocenters. The molecule has 140 valence electrons. The predicted octanol–water partition coefficient (Wildman–Crippen LogP) is 5.14. The molecule has 1 unspecified atom stereocenters. The fraction of sp³-hybridized carbons (Fsp3) is 0.261. The van der Waals surface area contributed by atoms with Crippen LogP contribution in [0, 0.1) is 0 Å². The Labute approximate surface area is 160 Å². The summed E-state index contributed by atoms with van der Waals surface area (Å²) < 4.78 is 5.46. The number of fused-ring (bicyclic) bond motifs is 1. The van der Waals surface area contributed by atoms with Gasteiger partial charge in [-0.25, -0.2) is 4.79 Å². The standard InChI is InChI=1S/C23H26N2O2/c1-4-27-20-14-12-18(13-15-20)16-25(3)23(26)24-17(2)21-11-7-9-19-8-5-6-10-22(19)21/h5-15,17H,4,16H2,1-3H3,(H,24,26). The number of benzene rings is 3. The number of amides is 2. The van der Waals surface area contributed by atoms with E-state index in [0.29, 0.717) is 13.2 Å². The molecule has 0 bridgehead atoms. The van der Waals surface area contributed by atoms with Crippen molar-refractivity contribution in [2.45, 2.75) is 26.4 Å². The largest absolute Gasteiger partial charge is 0.494 e. The highest BCUT2D eigenvalue weighted by Gasteiger charge is 2.15. The van der Waals surface area contributed by atoms with Crippen LogP contribution in [0.5, 0.6) is 5.75 Å². The van der Waals surface area contributed by atoms with E-state index in [2.05, 4.69) is 29.6 Å². The van der Waals surface area contributed by atoms with Crippen molar-refractivity contribution in [1.82, 2.24) is 10.2 Å². The van der Waals surface area contributed by atoms with Crippen LogP contribution in [0.25, 0.3) is 10.8 Å². The minimum Gasteiger partial charge on any atom is -0.494 e. The molecule has 0 aliphatic heterocycles. The number of ether oxygens (including phenoxy) is 1. The van der Waals surface area contributed by atoms with Gasteiger partial charge in [-0.15, -0.1) is 0 Å². The Morgan fingerprint density at radius 2 is 1.74 bits per heavy atom. The van der Waals surface area contributed by atoms with Crippen molar-refractivity contribution >= 4 is 16.8 Å². The van der Waals surface area contributed by atoms with Crippen molar-refractivity contribution in [1.29, 1.82) is 0 Å². The van der Waals surface area contributed by atoms with E-state index >= 15 is 0 Å². The lowest BCUT2D eigenvalue weighted by Gasteiger charge is -2.22. The SMILES string of the molecule is CCOc1ccc(CN(C)C(=O)NC(C)c2cccc3ccccc23)cc1. The molecule has 3 aromatic rings. The normalized spacial score (nSPS) is 11.8. The molecule has 0 spiro atoms. The number of nitrogens with zero attached hydrogens (tertiary/aromatic N) is 1. The Morgan fingerprint density at radius 3 is 2.48 bits per heavy atom. The first-order valence-electron chi connectivity index (χ1n) is 9.29. The third kappa shape index (κ3) is 4.59. The molecule has 4 nitrogen and oxygen atoms in total. The van der Waals surface area contributed by atoms with Crippen LogP contribution in [0.1, 0.15) is 31.0 Å². The number of rotatable bonds is 6. The second-order valence-electron chi connectivity index (χ2n) is 6.67. The summed E-state index contributed by atoms with van der Waals surface area (Å²) in [6.45, 7) is 5.17. The van der Waals surface area contributed by atoms with E-state index in [9.17, 15) is 4.79 Å². The van der Waals surface area contributed by atoms with E-state index in [1.54, 1.807) is 4.90 Å². The zero-order valence-corrected chi connectivity index (χ0v) is 16.1. The molecule has 4 heteroatoms. The van der Waals surface area contributed by atoms with Crippen molar-refractivity contribution in [2.75, 3.05) is 13.7 Å². The van der Waals surface area contributed by atoms with E-state index in [1.165, 1.54) is 10.8 Å². The van der Waals surface area contributed by atoms with Crippen molar-refractivity contribution in [2.24, 2.45) is 0 Å². The van der Waals surface area contributed by atoms with Gasteiger partial charge in [-0.2, -0.15) is 0 Å². The molecule has 2 amide bonds. The van der Waals surface area contributed by atoms with Gasteiger partial charge in [-0.3, -0.25) is 0 Å². The molecule has 0 heterocycles. The molecule has 0 saturated carbocycles. The summed E-state index contributed by atoms with van der Waals surface area (Å²) in [4.78, 5) is 14.3. The van der Waals surface area contributed by atoms with Gasteiger partial charge >= 0.3 is 6.03 Å². The van der Waals surface area contributed by atoms with Gasteiger partial charge in [0.05, 0.1) is 12.6 Å². The average Bonchev–Trinajstić information content (AvgIpc) is 2.69.